The molecule has 1 aromatic carbocycles. The lowest BCUT2D eigenvalue weighted by Crippen LogP contribution is -2.56. The van der Waals surface area contributed by atoms with Crippen LogP contribution in [0.25, 0.3) is 5.52 Å². The number of nitrogens with one attached hydrogen (secondary N) is 2. The summed E-state index contributed by atoms with van der Waals surface area (Å²) in [5, 5.41) is 10.9. The van der Waals surface area contributed by atoms with E-state index in [0.717, 1.165) is 73.5 Å². The third kappa shape index (κ3) is 6.94. The predicted octanol–water partition coefficient (Wildman–Crippen LogP) is 3.14. The van der Waals surface area contributed by atoms with Crippen molar-refractivity contribution in [3.63, 3.8) is 0 Å². The Morgan fingerprint density at radius 2 is 1.68 bits per heavy atom. The molecule has 4 amide bonds. The van der Waals surface area contributed by atoms with Gasteiger partial charge < -0.3 is 30.1 Å². The first-order chi connectivity index (χ1) is 22.9. The van der Waals surface area contributed by atoms with Crippen LogP contribution in [-0.4, -0.2) is 124 Å². The van der Waals surface area contributed by atoms with Gasteiger partial charge in [-0.05, 0) is 87.5 Å². The molecular weight excluding hydrogens is 596 g/mol. The van der Waals surface area contributed by atoms with Gasteiger partial charge in [-0.15, -0.1) is 0 Å². The molecule has 250 valence electrons. The number of pyridine rings is 1. The number of nitrogens with zero attached hydrogens (tertiary/aromatic N) is 6. The molecule has 3 fully saturated rings. The van der Waals surface area contributed by atoms with Gasteiger partial charge in [0.25, 0.3) is 5.91 Å². The zero-order valence-corrected chi connectivity index (χ0v) is 27.3. The standard InChI is InChI=1S/C35H46N8O4/c1-25-22-26(23-30-8-14-37-43(25)30)24-32(33(44)40-20-18-39(19-21-40)28-6-12-36-13-7-28)47-35(46)41-15-10-29(11-16-41)42-17-9-27-4-2-3-5-31(27)38-34(42)45/h2-5,8,14,22-23,28-29,32,36H,6-7,9-13,15-21,24H2,1H3,(H,38,45)/t32-/m1/s1. The molecule has 1 atom stereocenters. The van der Waals surface area contributed by atoms with Crippen LogP contribution in [0.2, 0.25) is 0 Å². The number of ether oxygens (including phenoxy) is 1. The fraction of sp³-hybridized carbons (Fsp3) is 0.543. The molecule has 0 spiro atoms. The van der Waals surface area contributed by atoms with Crippen molar-refractivity contribution in [2.75, 3.05) is 64.2 Å². The van der Waals surface area contributed by atoms with Crippen molar-refractivity contribution in [3.05, 3.63) is 65.5 Å². The number of carbonyl (C=O) groups is 3. The van der Waals surface area contributed by atoms with E-state index >= 15 is 0 Å². The minimum absolute atomic E-state index is 0.0346. The summed E-state index contributed by atoms with van der Waals surface area (Å²) in [4.78, 5) is 48.8. The molecule has 0 radical (unpaired) electrons. The molecule has 7 rings (SSSR count). The highest BCUT2D eigenvalue weighted by Crippen LogP contribution is 2.25. The normalized spacial score (nSPS) is 20.9. The van der Waals surface area contributed by atoms with E-state index in [9.17, 15) is 14.4 Å². The van der Waals surface area contributed by atoms with Gasteiger partial charge in [-0.3, -0.25) is 9.69 Å². The number of fused-ring (bicyclic) bond motifs is 2. The van der Waals surface area contributed by atoms with E-state index in [2.05, 4.69) is 26.7 Å². The number of likely N-dealkylation sites (tertiary alicyclic amines) is 1. The lowest BCUT2D eigenvalue weighted by molar-refractivity contribution is -0.143. The van der Waals surface area contributed by atoms with Gasteiger partial charge in [0.15, 0.2) is 6.10 Å². The van der Waals surface area contributed by atoms with E-state index in [-0.39, 0.29) is 18.0 Å². The third-order valence-electron chi connectivity index (χ3n) is 10.4. The molecule has 2 N–H and O–H groups in total. The number of aromatic nitrogens is 2. The Kier molecular flexibility index (Phi) is 9.30. The molecule has 6 heterocycles. The number of hydrogen-bond donors (Lipinski definition) is 2. The van der Waals surface area contributed by atoms with Gasteiger partial charge in [0.1, 0.15) is 0 Å². The van der Waals surface area contributed by atoms with Crippen molar-refractivity contribution >= 4 is 29.2 Å². The molecular formula is C35H46N8O4. The van der Waals surface area contributed by atoms with Crippen LogP contribution in [0.1, 0.15) is 42.5 Å². The van der Waals surface area contributed by atoms with E-state index in [4.69, 9.17) is 4.74 Å². The van der Waals surface area contributed by atoms with Gasteiger partial charge >= 0.3 is 12.1 Å². The Bertz CT molecular complexity index is 1590. The average Bonchev–Trinajstić information content (AvgIpc) is 3.52. The Balaban J connectivity index is 1.00. The molecule has 12 nitrogen and oxygen atoms in total. The van der Waals surface area contributed by atoms with Gasteiger partial charge in [-0.1, -0.05) is 18.2 Å². The van der Waals surface area contributed by atoms with Crippen LogP contribution in [0.15, 0.2) is 48.7 Å². The minimum atomic E-state index is -0.926. The summed E-state index contributed by atoms with van der Waals surface area (Å²) >= 11 is 0. The minimum Gasteiger partial charge on any atom is -0.436 e. The summed E-state index contributed by atoms with van der Waals surface area (Å²) in [5.74, 6) is -0.134. The number of piperidine rings is 2. The molecule has 0 saturated carbocycles. The Morgan fingerprint density at radius 1 is 0.915 bits per heavy atom. The van der Waals surface area contributed by atoms with Crippen molar-refractivity contribution in [2.24, 2.45) is 0 Å². The van der Waals surface area contributed by atoms with Crippen LogP contribution in [0.4, 0.5) is 15.3 Å². The highest BCUT2D eigenvalue weighted by atomic mass is 16.6. The summed E-state index contributed by atoms with van der Waals surface area (Å²) in [6.07, 6.45) is 5.05. The van der Waals surface area contributed by atoms with Gasteiger partial charge in [0.2, 0.25) is 0 Å². The number of carbonyl (C=O) groups excluding carboxylic acids is 3. The maximum atomic E-state index is 14.1. The van der Waals surface area contributed by atoms with Crippen LogP contribution in [0.5, 0.6) is 0 Å². The second-order valence-corrected chi connectivity index (χ2v) is 13.3. The van der Waals surface area contributed by atoms with Crippen molar-refractivity contribution in [3.8, 4) is 0 Å². The van der Waals surface area contributed by atoms with Gasteiger partial charge in [0, 0.05) is 81.9 Å². The van der Waals surface area contributed by atoms with Crippen molar-refractivity contribution in [1.82, 2.24) is 34.5 Å². The lowest BCUT2D eigenvalue weighted by atomic mass is 10.0. The van der Waals surface area contributed by atoms with Gasteiger partial charge in [0.05, 0.1) is 5.52 Å². The van der Waals surface area contributed by atoms with E-state index in [0.29, 0.717) is 58.0 Å². The molecule has 3 aromatic rings. The SMILES string of the molecule is Cc1cc(C[C@@H](OC(=O)N2CCC(N3CCc4ccccc4NC3=O)CC2)C(=O)N2CCN(C3CCNCC3)CC2)cc2ccnn12. The van der Waals surface area contributed by atoms with Crippen LogP contribution in [-0.2, 0) is 22.4 Å². The summed E-state index contributed by atoms with van der Waals surface area (Å²) in [5.41, 5.74) is 4.83. The average molecular weight is 643 g/mol. The Labute approximate surface area is 276 Å². The number of para-hydroxylation sites is 1. The predicted molar refractivity (Wildman–Crippen MR) is 178 cm³/mol. The summed E-state index contributed by atoms with van der Waals surface area (Å²) in [7, 11) is 0. The first-order valence-electron chi connectivity index (χ1n) is 17.2. The molecule has 2 aromatic heterocycles. The first-order valence-corrected chi connectivity index (χ1v) is 17.2. The molecule has 4 aliphatic heterocycles. The molecule has 4 aliphatic rings. The maximum absolute atomic E-state index is 14.1. The molecule has 0 unspecified atom stereocenters. The number of rotatable bonds is 6. The molecule has 0 aliphatic carbocycles. The second-order valence-electron chi connectivity index (χ2n) is 13.3. The number of anilines is 1. The van der Waals surface area contributed by atoms with Crippen LogP contribution >= 0.6 is 0 Å². The lowest BCUT2D eigenvalue weighted by Gasteiger charge is -2.41. The van der Waals surface area contributed by atoms with Crippen molar-refractivity contribution in [2.45, 2.75) is 63.6 Å². The highest BCUT2D eigenvalue weighted by molar-refractivity contribution is 5.91. The maximum Gasteiger partial charge on any atom is 0.410 e. The summed E-state index contributed by atoms with van der Waals surface area (Å²) in [6, 6.07) is 14.4. The van der Waals surface area contributed by atoms with E-state index in [1.165, 1.54) is 0 Å². The number of amides is 4. The Morgan fingerprint density at radius 3 is 2.47 bits per heavy atom. The van der Waals surface area contributed by atoms with E-state index in [1.54, 1.807) is 11.1 Å². The van der Waals surface area contributed by atoms with Gasteiger partial charge in [-0.25, -0.2) is 14.1 Å². The summed E-state index contributed by atoms with van der Waals surface area (Å²) in [6.45, 7) is 8.57. The molecule has 0 bridgehead atoms. The smallest absolute Gasteiger partial charge is 0.410 e. The largest absolute Gasteiger partial charge is 0.436 e. The number of urea groups is 1. The monoisotopic (exact) mass is 642 g/mol. The fourth-order valence-electron chi connectivity index (χ4n) is 7.77. The highest BCUT2D eigenvalue weighted by Gasteiger charge is 2.36. The zero-order chi connectivity index (χ0) is 32.3. The number of benzene rings is 1. The fourth-order valence-corrected chi connectivity index (χ4v) is 7.77. The molecule has 12 heteroatoms. The molecule has 3 saturated heterocycles. The first kappa shape index (κ1) is 31.4. The molecule has 47 heavy (non-hydrogen) atoms. The Hall–Kier alpha value is -4.16. The third-order valence-corrected chi connectivity index (χ3v) is 10.4. The van der Waals surface area contributed by atoms with E-state index in [1.807, 2.05) is 57.6 Å². The quantitative estimate of drug-likeness (QED) is 0.425. The topological polar surface area (TPSA) is 115 Å². The number of aryl methyl sites for hydroxylation is 1. The van der Waals surface area contributed by atoms with Crippen molar-refractivity contribution in [1.29, 1.82) is 0 Å². The van der Waals surface area contributed by atoms with Crippen molar-refractivity contribution < 1.29 is 19.1 Å². The van der Waals surface area contributed by atoms with Gasteiger partial charge in [-0.2, -0.15) is 5.10 Å². The van der Waals surface area contributed by atoms with Crippen LogP contribution in [0, 0.1) is 6.92 Å². The van der Waals surface area contributed by atoms with E-state index < -0.39 is 12.2 Å². The van der Waals surface area contributed by atoms with Crippen LogP contribution in [0.3, 0.4) is 0 Å². The summed E-state index contributed by atoms with van der Waals surface area (Å²) < 4.78 is 7.97. The van der Waals surface area contributed by atoms with Crippen LogP contribution < -0.4 is 10.6 Å². The zero-order valence-electron chi connectivity index (χ0n) is 27.3. The number of piperazine rings is 1. The second kappa shape index (κ2) is 13.9. The number of hydrogen-bond acceptors (Lipinski definition) is 7.